The maximum Gasteiger partial charge on any atom is 0.312 e. The number of aliphatic hydroxyl groups excluding tert-OH is 2. The van der Waals surface area contributed by atoms with Crippen LogP contribution in [0, 0.1) is 5.82 Å². The van der Waals surface area contributed by atoms with Crippen molar-refractivity contribution in [2.75, 3.05) is 18.5 Å². The first kappa shape index (κ1) is 19.2. The van der Waals surface area contributed by atoms with E-state index < -0.39 is 24.4 Å². The highest BCUT2D eigenvalue weighted by atomic mass is 79.9. The molecule has 0 aliphatic rings. The first-order valence-electron chi connectivity index (χ1n) is 7.79. The summed E-state index contributed by atoms with van der Waals surface area (Å²) in [4.78, 5) is 21.2. The quantitative estimate of drug-likeness (QED) is 0.417. The zero-order valence-corrected chi connectivity index (χ0v) is 15.4. The Morgan fingerprint density at radius 2 is 2.22 bits per heavy atom. The smallest absolute Gasteiger partial charge is 0.312 e. The number of carbonyl (C=O) groups excluding carboxylic acids is 1. The van der Waals surface area contributed by atoms with E-state index in [1.165, 1.54) is 24.5 Å². The summed E-state index contributed by atoms with van der Waals surface area (Å²) >= 11 is 3.18. The number of hydrogen-bond acceptors (Lipinski definition) is 7. The molecular formula is C17H15BrFN3O5. The third-order valence-corrected chi connectivity index (χ3v) is 4.03. The van der Waals surface area contributed by atoms with Crippen LogP contribution >= 0.6 is 15.9 Å². The lowest BCUT2D eigenvalue weighted by molar-refractivity contribution is -0.0302. The number of rotatable bonds is 7. The summed E-state index contributed by atoms with van der Waals surface area (Å²) in [5.74, 6) is -1.44. The highest BCUT2D eigenvalue weighted by Gasteiger charge is 2.22. The molecule has 0 fully saturated rings. The molecule has 0 saturated carbocycles. The molecule has 142 valence electrons. The van der Waals surface area contributed by atoms with E-state index in [-0.39, 0.29) is 23.7 Å². The number of pyridine rings is 1. The molecular weight excluding hydrogens is 425 g/mol. The Morgan fingerprint density at radius 3 is 2.96 bits per heavy atom. The first-order valence-corrected chi connectivity index (χ1v) is 8.58. The molecule has 0 radical (unpaired) electrons. The zero-order valence-electron chi connectivity index (χ0n) is 13.8. The number of hydroxylamine groups is 1. The molecule has 8 nitrogen and oxygen atoms in total. The normalized spacial score (nSPS) is 12.1. The van der Waals surface area contributed by atoms with Crippen LogP contribution in [0.25, 0.3) is 11.0 Å². The molecule has 0 spiro atoms. The number of benzene rings is 1. The van der Waals surface area contributed by atoms with E-state index >= 15 is 0 Å². The number of nitrogens with zero attached hydrogens (tertiary/aromatic N) is 1. The van der Waals surface area contributed by atoms with Crippen LogP contribution in [-0.2, 0) is 4.84 Å². The zero-order chi connectivity index (χ0) is 19.4. The Balaban J connectivity index is 1.90. The Hall–Kier alpha value is -2.53. The number of fused-ring (bicyclic) bond motifs is 1. The minimum atomic E-state index is -1.14. The van der Waals surface area contributed by atoms with Crippen LogP contribution in [0.1, 0.15) is 10.6 Å². The molecule has 0 unspecified atom stereocenters. The lowest BCUT2D eigenvalue weighted by Gasteiger charge is -2.10. The number of furan rings is 1. The van der Waals surface area contributed by atoms with Gasteiger partial charge in [-0.3, -0.25) is 14.6 Å². The summed E-state index contributed by atoms with van der Waals surface area (Å²) in [6.45, 7) is -0.823. The lowest BCUT2D eigenvalue weighted by Crippen LogP contribution is -2.30. The molecule has 1 amide bonds. The van der Waals surface area contributed by atoms with Gasteiger partial charge in [0.15, 0.2) is 0 Å². The van der Waals surface area contributed by atoms with Gasteiger partial charge < -0.3 is 19.9 Å². The molecule has 0 saturated heterocycles. The Labute approximate surface area is 161 Å². The molecule has 0 bridgehead atoms. The van der Waals surface area contributed by atoms with Crippen LogP contribution in [-0.4, -0.2) is 40.4 Å². The van der Waals surface area contributed by atoms with Gasteiger partial charge in [-0.1, -0.05) is 15.9 Å². The number of hydrogen-bond donors (Lipinski definition) is 4. The van der Waals surface area contributed by atoms with Crippen LogP contribution in [0.5, 0.6) is 0 Å². The molecule has 3 rings (SSSR count). The SMILES string of the molecule is O=C(NOC[C@H](O)CO)c1oc2ccncc2c1Nc1ccc(Br)cc1F. The average molecular weight is 440 g/mol. The van der Waals surface area contributed by atoms with Crippen molar-refractivity contribution in [3.63, 3.8) is 0 Å². The molecule has 2 aromatic heterocycles. The van der Waals surface area contributed by atoms with Crippen molar-refractivity contribution < 1.29 is 28.7 Å². The molecule has 0 aliphatic heterocycles. The minimum Gasteiger partial charge on any atom is -0.448 e. The third kappa shape index (κ3) is 4.42. The Kier molecular flexibility index (Phi) is 6.01. The maximum atomic E-state index is 14.2. The van der Waals surface area contributed by atoms with Crippen molar-refractivity contribution in [3.8, 4) is 0 Å². The van der Waals surface area contributed by atoms with E-state index in [2.05, 4.69) is 31.7 Å². The van der Waals surface area contributed by atoms with Gasteiger partial charge >= 0.3 is 5.91 Å². The van der Waals surface area contributed by atoms with E-state index in [9.17, 15) is 14.3 Å². The first-order chi connectivity index (χ1) is 13.0. The molecule has 1 atom stereocenters. The van der Waals surface area contributed by atoms with Crippen LogP contribution < -0.4 is 10.8 Å². The predicted octanol–water partition coefficient (Wildman–Crippen LogP) is 2.49. The molecule has 27 heavy (non-hydrogen) atoms. The number of nitrogens with one attached hydrogen (secondary N) is 2. The largest absolute Gasteiger partial charge is 0.448 e. The van der Waals surface area contributed by atoms with Gasteiger partial charge in [0.2, 0.25) is 5.76 Å². The van der Waals surface area contributed by atoms with Crippen LogP contribution in [0.3, 0.4) is 0 Å². The van der Waals surface area contributed by atoms with Crippen molar-refractivity contribution in [1.82, 2.24) is 10.5 Å². The third-order valence-electron chi connectivity index (χ3n) is 3.54. The maximum absolute atomic E-state index is 14.2. The summed E-state index contributed by atoms with van der Waals surface area (Å²) in [7, 11) is 0. The topological polar surface area (TPSA) is 117 Å². The summed E-state index contributed by atoms with van der Waals surface area (Å²) in [5.41, 5.74) is 2.82. The molecule has 2 heterocycles. The summed E-state index contributed by atoms with van der Waals surface area (Å²) in [6, 6.07) is 5.99. The fourth-order valence-corrected chi connectivity index (χ4v) is 2.59. The van der Waals surface area contributed by atoms with Crippen LogP contribution in [0.2, 0.25) is 0 Å². The second-order valence-corrected chi connectivity index (χ2v) is 6.42. The van der Waals surface area contributed by atoms with E-state index in [1.807, 2.05) is 0 Å². The summed E-state index contributed by atoms with van der Waals surface area (Å²) in [5, 5.41) is 21.3. The van der Waals surface area contributed by atoms with Crippen molar-refractivity contribution in [1.29, 1.82) is 0 Å². The second kappa shape index (κ2) is 8.44. The monoisotopic (exact) mass is 439 g/mol. The minimum absolute atomic E-state index is 0.135. The van der Waals surface area contributed by atoms with Gasteiger partial charge in [-0.15, -0.1) is 0 Å². The number of aliphatic hydroxyl groups is 2. The number of aromatic nitrogens is 1. The van der Waals surface area contributed by atoms with Crippen molar-refractivity contribution in [2.45, 2.75) is 6.10 Å². The average Bonchev–Trinajstić information content (AvgIpc) is 3.02. The van der Waals surface area contributed by atoms with Crippen molar-refractivity contribution >= 4 is 44.2 Å². The van der Waals surface area contributed by atoms with E-state index in [0.29, 0.717) is 15.4 Å². The number of halogens is 2. The highest BCUT2D eigenvalue weighted by Crippen LogP contribution is 2.34. The predicted molar refractivity (Wildman–Crippen MR) is 97.9 cm³/mol. The van der Waals surface area contributed by atoms with E-state index in [0.717, 1.165) is 0 Å². The van der Waals surface area contributed by atoms with Gasteiger partial charge in [0.1, 0.15) is 29.8 Å². The molecule has 0 aliphatic carbocycles. The number of amides is 1. The van der Waals surface area contributed by atoms with Crippen LogP contribution in [0.15, 0.2) is 45.5 Å². The fourth-order valence-electron chi connectivity index (χ4n) is 2.25. The lowest BCUT2D eigenvalue weighted by atomic mass is 10.2. The Morgan fingerprint density at radius 1 is 1.41 bits per heavy atom. The molecule has 3 aromatic rings. The van der Waals surface area contributed by atoms with Gasteiger partial charge in [0.25, 0.3) is 0 Å². The van der Waals surface area contributed by atoms with Crippen LogP contribution in [0.4, 0.5) is 15.8 Å². The number of carbonyl (C=O) groups is 1. The molecule has 1 aromatic carbocycles. The number of anilines is 2. The van der Waals surface area contributed by atoms with E-state index in [1.54, 1.807) is 12.1 Å². The standard InChI is InChI=1S/C17H15BrFN3O5/c18-9-1-2-13(12(19)5-9)21-15-11-6-20-4-3-14(11)27-16(15)17(25)22-26-8-10(24)7-23/h1-6,10,21,23-24H,7-8H2,(H,22,25)/t10-/m1/s1. The summed E-state index contributed by atoms with van der Waals surface area (Å²) in [6.07, 6.45) is 1.83. The molecule has 10 heteroatoms. The van der Waals surface area contributed by atoms with Crippen molar-refractivity contribution in [3.05, 3.63) is 52.7 Å². The van der Waals surface area contributed by atoms with Gasteiger partial charge in [0.05, 0.1) is 17.7 Å². The van der Waals surface area contributed by atoms with Gasteiger partial charge in [-0.25, -0.2) is 9.87 Å². The Bertz CT molecular complexity index is 965. The van der Waals surface area contributed by atoms with E-state index in [4.69, 9.17) is 14.4 Å². The fraction of sp³-hybridized carbons (Fsp3) is 0.176. The molecule has 4 N–H and O–H groups in total. The highest BCUT2D eigenvalue weighted by molar-refractivity contribution is 9.10. The van der Waals surface area contributed by atoms with Crippen molar-refractivity contribution in [2.24, 2.45) is 0 Å². The van der Waals surface area contributed by atoms with Gasteiger partial charge in [-0.2, -0.15) is 0 Å². The second-order valence-electron chi connectivity index (χ2n) is 5.51. The van der Waals surface area contributed by atoms with Gasteiger partial charge in [-0.05, 0) is 24.3 Å². The summed E-state index contributed by atoms with van der Waals surface area (Å²) < 4.78 is 20.3. The van der Waals surface area contributed by atoms with Gasteiger partial charge in [0, 0.05) is 16.9 Å².